The molecular formula is C19H29N3O3S2. The van der Waals surface area contributed by atoms with Gasteiger partial charge in [-0.25, -0.2) is 13.1 Å². The highest BCUT2D eigenvalue weighted by molar-refractivity contribution is 7.99. The molecule has 1 amide bonds. The van der Waals surface area contributed by atoms with Crippen molar-refractivity contribution in [2.45, 2.75) is 42.9 Å². The second-order valence-electron chi connectivity index (χ2n) is 7.42. The van der Waals surface area contributed by atoms with E-state index in [-0.39, 0.29) is 10.8 Å². The fourth-order valence-electron chi connectivity index (χ4n) is 3.56. The van der Waals surface area contributed by atoms with Gasteiger partial charge in [-0.15, -0.1) is 11.8 Å². The smallest absolute Gasteiger partial charge is 0.240 e. The van der Waals surface area contributed by atoms with E-state index in [1.165, 1.54) is 19.8 Å². The number of thioether (sulfide) groups is 1. The lowest BCUT2D eigenvalue weighted by Gasteiger charge is -2.30. The molecule has 8 heteroatoms. The lowest BCUT2D eigenvalue weighted by atomic mass is 9.99. The number of hydrogen-bond acceptors (Lipinski definition) is 5. The second kappa shape index (κ2) is 8.94. The number of benzene rings is 1. The lowest BCUT2D eigenvalue weighted by molar-refractivity contribution is -0.116. The van der Waals surface area contributed by atoms with Gasteiger partial charge in [-0.05, 0) is 62.2 Å². The standard InChI is InChI=1S/C19H29N3O3S2/c1-15-6-10-21(11-7-15)12-8-20-27(24,25)17-4-5-19-18(14-17)22(16(2)23)9-3-13-26-19/h4-5,14-15,20H,3,6-13H2,1-2H3. The molecule has 0 spiro atoms. The maximum Gasteiger partial charge on any atom is 0.240 e. The van der Waals surface area contributed by atoms with E-state index in [9.17, 15) is 13.2 Å². The Morgan fingerprint density at radius 1 is 1.26 bits per heavy atom. The molecule has 0 aliphatic carbocycles. The van der Waals surface area contributed by atoms with Gasteiger partial charge >= 0.3 is 0 Å². The van der Waals surface area contributed by atoms with Crippen molar-refractivity contribution in [1.82, 2.24) is 9.62 Å². The van der Waals surface area contributed by atoms with Crippen molar-refractivity contribution in [3.63, 3.8) is 0 Å². The van der Waals surface area contributed by atoms with E-state index in [0.717, 1.165) is 42.6 Å². The molecule has 0 radical (unpaired) electrons. The number of nitrogens with one attached hydrogen (secondary N) is 1. The molecular weight excluding hydrogens is 382 g/mol. The third-order valence-electron chi connectivity index (χ3n) is 5.29. The van der Waals surface area contributed by atoms with Crippen LogP contribution in [-0.2, 0) is 14.8 Å². The largest absolute Gasteiger partial charge is 0.311 e. The number of hydrogen-bond donors (Lipinski definition) is 1. The zero-order valence-electron chi connectivity index (χ0n) is 16.1. The maximum atomic E-state index is 12.7. The molecule has 1 aromatic rings. The topological polar surface area (TPSA) is 69.7 Å². The first-order chi connectivity index (χ1) is 12.9. The molecule has 3 rings (SSSR count). The van der Waals surface area contributed by atoms with Crippen LogP contribution in [0.5, 0.6) is 0 Å². The van der Waals surface area contributed by atoms with E-state index in [1.807, 2.05) is 6.07 Å². The molecule has 2 aliphatic heterocycles. The van der Waals surface area contributed by atoms with Crippen LogP contribution < -0.4 is 9.62 Å². The zero-order valence-corrected chi connectivity index (χ0v) is 17.7. The molecule has 0 bridgehead atoms. The third-order valence-corrected chi connectivity index (χ3v) is 7.90. The monoisotopic (exact) mass is 411 g/mol. The van der Waals surface area contributed by atoms with Crippen LogP contribution in [0.15, 0.2) is 28.0 Å². The fourth-order valence-corrected chi connectivity index (χ4v) is 5.57. The molecule has 2 heterocycles. The van der Waals surface area contributed by atoms with Crippen LogP contribution in [-0.4, -0.2) is 57.7 Å². The predicted octanol–water partition coefficient (Wildman–Crippen LogP) is 2.55. The minimum absolute atomic E-state index is 0.0550. The quantitative estimate of drug-likeness (QED) is 0.806. The number of carbonyl (C=O) groups is 1. The molecule has 150 valence electrons. The summed E-state index contributed by atoms with van der Waals surface area (Å²) in [4.78, 5) is 17.2. The summed E-state index contributed by atoms with van der Waals surface area (Å²) in [6, 6.07) is 5.10. The van der Waals surface area contributed by atoms with Crippen molar-refractivity contribution in [2.75, 3.05) is 43.4 Å². The molecule has 0 aromatic heterocycles. The van der Waals surface area contributed by atoms with Crippen molar-refractivity contribution in [3.8, 4) is 0 Å². The van der Waals surface area contributed by atoms with Crippen molar-refractivity contribution >= 4 is 33.4 Å². The van der Waals surface area contributed by atoms with Gasteiger partial charge in [0.25, 0.3) is 0 Å². The van der Waals surface area contributed by atoms with E-state index >= 15 is 0 Å². The Morgan fingerprint density at radius 2 is 2.00 bits per heavy atom. The van der Waals surface area contributed by atoms with Gasteiger partial charge in [0.15, 0.2) is 0 Å². The Labute approximate surface area is 166 Å². The normalized spacial score (nSPS) is 19.6. The summed E-state index contributed by atoms with van der Waals surface area (Å²) in [6.45, 7) is 7.61. The zero-order chi connectivity index (χ0) is 19.4. The van der Waals surface area contributed by atoms with Crippen molar-refractivity contribution in [2.24, 2.45) is 5.92 Å². The van der Waals surface area contributed by atoms with Crippen LogP contribution in [0.1, 0.15) is 33.1 Å². The number of amides is 1. The SMILES string of the molecule is CC(=O)N1CCCSc2ccc(S(=O)(=O)NCCN3CCC(C)CC3)cc21. The van der Waals surface area contributed by atoms with Crippen LogP contribution in [0.3, 0.4) is 0 Å². The van der Waals surface area contributed by atoms with Gasteiger partial charge < -0.3 is 9.80 Å². The first kappa shape index (κ1) is 20.6. The lowest BCUT2D eigenvalue weighted by Crippen LogP contribution is -2.39. The van der Waals surface area contributed by atoms with Gasteiger partial charge in [0.2, 0.25) is 15.9 Å². The van der Waals surface area contributed by atoms with Gasteiger partial charge in [0, 0.05) is 31.5 Å². The first-order valence-corrected chi connectivity index (χ1v) is 12.1. The average molecular weight is 412 g/mol. The van der Waals surface area contributed by atoms with Crippen LogP contribution in [0.2, 0.25) is 0 Å². The van der Waals surface area contributed by atoms with Crippen molar-refractivity contribution in [1.29, 1.82) is 0 Å². The molecule has 2 aliphatic rings. The van der Waals surface area contributed by atoms with Crippen molar-refractivity contribution < 1.29 is 13.2 Å². The molecule has 1 N–H and O–H groups in total. The first-order valence-electron chi connectivity index (χ1n) is 9.64. The van der Waals surface area contributed by atoms with Gasteiger partial charge in [0.05, 0.1) is 10.6 Å². The summed E-state index contributed by atoms with van der Waals surface area (Å²) in [5, 5.41) is 0. The number of nitrogens with zero attached hydrogens (tertiary/aromatic N) is 2. The summed E-state index contributed by atoms with van der Waals surface area (Å²) < 4.78 is 28.2. The molecule has 0 atom stereocenters. The highest BCUT2D eigenvalue weighted by atomic mass is 32.2. The third kappa shape index (κ3) is 5.25. The van der Waals surface area contributed by atoms with E-state index in [2.05, 4.69) is 16.5 Å². The Hall–Kier alpha value is -1.09. The number of rotatable bonds is 5. The average Bonchev–Trinajstić information content (AvgIpc) is 2.85. The molecule has 6 nitrogen and oxygen atoms in total. The molecule has 1 fully saturated rings. The second-order valence-corrected chi connectivity index (χ2v) is 10.3. The van der Waals surface area contributed by atoms with E-state index in [4.69, 9.17) is 0 Å². The van der Waals surface area contributed by atoms with Crippen molar-refractivity contribution in [3.05, 3.63) is 18.2 Å². The highest BCUT2D eigenvalue weighted by Crippen LogP contribution is 2.35. The maximum absolute atomic E-state index is 12.7. The molecule has 1 aromatic carbocycles. The molecule has 27 heavy (non-hydrogen) atoms. The number of likely N-dealkylation sites (tertiary alicyclic amines) is 1. The Bertz CT molecular complexity index is 774. The Balaban J connectivity index is 1.68. The predicted molar refractivity (Wildman–Crippen MR) is 110 cm³/mol. The molecule has 1 saturated heterocycles. The summed E-state index contributed by atoms with van der Waals surface area (Å²) >= 11 is 1.67. The van der Waals surface area contributed by atoms with E-state index < -0.39 is 10.0 Å². The van der Waals surface area contributed by atoms with E-state index in [0.29, 0.717) is 18.8 Å². The highest BCUT2D eigenvalue weighted by Gasteiger charge is 2.23. The Kier molecular flexibility index (Phi) is 6.83. The summed E-state index contributed by atoms with van der Waals surface area (Å²) in [7, 11) is -3.59. The molecule has 0 saturated carbocycles. The molecule has 0 unspecified atom stereocenters. The van der Waals surface area contributed by atoms with Crippen LogP contribution in [0.4, 0.5) is 5.69 Å². The van der Waals surface area contributed by atoms with Gasteiger partial charge in [0.1, 0.15) is 0 Å². The van der Waals surface area contributed by atoms with Crippen LogP contribution in [0.25, 0.3) is 0 Å². The summed E-state index contributed by atoms with van der Waals surface area (Å²) in [5.41, 5.74) is 0.706. The number of fused-ring (bicyclic) bond motifs is 1. The number of sulfonamides is 1. The van der Waals surface area contributed by atoms with Gasteiger partial charge in [-0.3, -0.25) is 4.79 Å². The number of carbonyl (C=O) groups excluding carboxylic acids is 1. The fraction of sp³-hybridized carbons (Fsp3) is 0.632. The van der Waals surface area contributed by atoms with E-state index in [1.54, 1.807) is 28.8 Å². The summed E-state index contributed by atoms with van der Waals surface area (Å²) in [5.74, 6) is 1.63. The number of anilines is 1. The van der Waals surface area contributed by atoms with Gasteiger partial charge in [-0.1, -0.05) is 6.92 Å². The van der Waals surface area contributed by atoms with Crippen LogP contribution >= 0.6 is 11.8 Å². The van der Waals surface area contributed by atoms with Gasteiger partial charge in [-0.2, -0.15) is 0 Å². The Morgan fingerprint density at radius 3 is 2.70 bits per heavy atom. The minimum atomic E-state index is -3.59. The van der Waals surface area contributed by atoms with Crippen LogP contribution in [0, 0.1) is 5.92 Å². The summed E-state index contributed by atoms with van der Waals surface area (Å²) in [6.07, 6.45) is 3.25. The minimum Gasteiger partial charge on any atom is -0.311 e. The number of piperidine rings is 1.